The topological polar surface area (TPSA) is 2.70 Å². The largest absolute Gasteiger partial charge is 0.520 e. The van der Waals surface area contributed by atoms with Crippen LogP contribution < -0.4 is 21.9 Å². The quantitative estimate of drug-likeness (QED) is 0.0492. The Hall–Kier alpha value is -4.28. The molecule has 0 fully saturated rings. The van der Waals surface area contributed by atoms with Crippen LogP contribution in [0.1, 0.15) is 34.6 Å². The van der Waals surface area contributed by atoms with E-state index in [2.05, 4.69) is 38.7 Å². The molecule has 0 unspecified atom stereocenters. The first-order valence-corrected chi connectivity index (χ1v) is 18.8. The van der Waals surface area contributed by atoms with Crippen molar-refractivity contribution in [2.24, 2.45) is 0 Å². The molecule has 4 aromatic carbocycles. The lowest BCUT2D eigenvalue weighted by atomic mass is 9.12. The number of hydrogen-bond donors (Lipinski definition) is 0. The first-order valence-electron chi connectivity index (χ1n) is 16.3. The second kappa shape index (κ2) is 17.3. The minimum Gasteiger partial charge on any atom is -0.520 e. The Morgan fingerprint density at radius 3 is 0.526 bits per heavy atom. The maximum absolute atomic E-state index is 15.4. The highest BCUT2D eigenvalue weighted by atomic mass is 28.4. The molecule has 0 saturated heterocycles. The summed E-state index contributed by atoms with van der Waals surface area (Å²) in [6.45, 7) is 13.9. The fraction of sp³-hybridized carbons (Fsp3) is 0.294. The molecule has 4 aromatic rings. The summed E-state index contributed by atoms with van der Waals surface area (Å²) in [5.41, 5.74) is -14.3. The average Bonchev–Trinajstić information content (AvgIpc) is 3.20. The summed E-state index contributed by atoms with van der Waals surface area (Å²) in [4.78, 5) is 0. The van der Waals surface area contributed by atoms with Crippen LogP contribution in [0.3, 0.4) is 0 Å². The van der Waals surface area contributed by atoms with Gasteiger partial charge in [0.15, 0.2) is 69.8 Å². The van der Waals surface area contributed by atoms with E-state index >= 15 is 35.1 Å². The van der Waals surface area contributed by atoms with Crippen LogP contribution >= 0.6 is 0 Å². The second-order valence-electron chi connectivity index (χ2n) is 12.1. The highest BCUT2D eigenvalue weighted by Crippen LogP contribution is 2.31. The number of halogens is 20. The Morgan fingerprint density at radius 1 is 0.281 bits per heavy atom. The predicted octanol–water partition coefficient (Wildman–Crippen LogP) is 9.43. The minimum absolute atomic E-state index is 1.10. The van der Waals surface area contributed by atoms with Crippen molar-refractivity contribution in [2.75, 3.05) is 13.2 Å². The highest BCUT2D eigenvalue weighted by Gasteiger charge is 2.52. The SMILES string of the molecule is CC[O+](CC)[Si](CC)(CC)CC.Fc1c(F)c(F)c([B-](c2c(F)c(F)c(F)c(F)c2F)(c2c(F)c(F)c(F)c(F)c2F)c2c(F)c(F)c(F)c(F)c2F)c(F)c1F. The lowest BCUT2D eigenvalue weighted by Gasteiger charge is -2.44. The van der Waals surface area contributed by atoms with Crippen LogP contribution in [-0.2, 0) is 4.06 Å². The molecule has 0 heterocycles. The molecule has 0 spiro atoms. The van der Waals surface area contributed by atoms with E-state index in [0.29, 0.717) is 0 Å². The zero-order valence-corrected chi connectivity index (χ0v) is 30.6. The average molecular weight is 868 g/mol. The normalized spacial score (nSPS) is 12.1. The maximum Gasteiger partial charge on any atom is 0.385 e. The fourth-order valence-electron chi connectivity index (χ4n) is 7.05. The predicted molar refractivity (Wildman–Crippen MR) is 169 cm³/mol. The van der Waals surface area contributed by atoms with Crippen molar-refractivity contribution >= 4 is 36.3 Å². The van der Waals surface area contributed by atoms with Gasteiger partial charge in [-0.05, 0) is 0 Å². The van der Waals surface area contributed by atoms with Gasteiger partial charge in [-0.1, -0.05) is 20.8 Å². The highest BCUT2D eigenvalue weighted by molar-refractivity contribution is 7.20. The molecule has 0 saturated carbocycles. The van der Waals surface area contributed by atoms with E-state index in [0.717, 1.165) is 13.2 Å². The summed E-state index contributed by atoms with van der Waals surface area (Å²) in [5, 5.41) is 0. The minimum atomic E-state index is -7.22. The van der Waals surface area contributed by atoms with Crippen LogP contribution in [0.15, 0.2) is 0 Å². The van der Waals surface area contributed by atoms with Gasteiger partial charge < -0.3 is 4.06 Å². The lowest BCUT2D eigenvalue weighted by molar-refractivity contribution is 0.00768. The molecule has 1 nitrogen and oxygen atoms in total. The van der Waals surface area contributed by atoms with Gasteiger partial charge in [-0.2, -0.15) is 0 Å². The summed E-state index contributed by atoms with van der Waals surface area (Å²) < 4.78 is 298. The van der Waals surface area contributed by atoms with Crippen molar-refractivity contribution in [3.63, 3.8) is 0 Å². The molecule has 0 bridgehead atoms. The molecule has 0 aliphatic carbocycles. The molecule has 0 atom stereocenters. The molecule has 0 radical (unpaired) electrons. The smallest absolute Gasteiger partial charge is 0.385 e. The standard InChI is InChI=1S/C24BF20.C10H25OSi/c26-5-1(6(27)14(35)21(42)13(5)34)25(2-7(28)15(36)22(43)16(37)8(2)29,3-9(30)17(38)23(44)18(39)10(3)31)4-11(32)19(40)24(45)20(41)12(4)33;1-6-11(7-2)12(8-3,9-4)10-5/h;6-10H2,1-5H3/q-1;+1. The van der Waals surface area contributed by atoms with Crippen LogP contribution in [0.2, 0.25) is 18.1 Å². The van der Waals surface area contributed by atoms with Crippen LogP contribution in [0.4, 0.5) is 87.8 Å². The van der Waals surface area contributed by atoms with Crippen LogP contribution in [-0.4, -0.2) is 27.7 Å². The van der Waals surface area contributed by atoms with Crippen LogP contribution in [0.5, 0.6) is 0 Å². The van der Waals surface area contributed by atoms with Crippen LogP contribution in [0.25, 0.3) is 0 Å². The summed E-state index contributed by atoms with van der Waals surface area (Å²) in [6.07, 6.45) is -7.22. The second-order valence-corrected chi connectivity index (χ2v) is 17.2. The molecule has 57 heavy (non-hydrogen) atoms. The number of hydrogen-bond acceptors (Lipinski definition) is 0. The fourth-order valence-corrected chi connectivity index (χ4v) is 11.0. The first-order chi connectivity index (χ1) is 26.4. The van der Waals surface area contributed by atoms with Crippen molar-refractivity contribution in [1.29, 1.82) is 0 Å². The molecular formula is C34H25BF20OSi. The Labute approximate surface area is 310 Å². The molecule has 0 aliphatic heterocycles. The molecule has 0 aromatic heterocycles. The molecule has 0 amide bonds. The van der Waals surface area contributed by atoms with Gasteiger partial charge in [0.2, 0.25) is 0 Å². The number of benzene rings is 4. The van der Waals surface area contributed by atoms with Gasteiger partial charge >= 0.3 is 8.32 Å². The third-order valence-electron chi connectivity index (χ3n) is 9.95. The van der Waals surface area contributed by atoms with Crippen molar-refractivity contribution in [1.82, 2.24) is 0 Å². The third-order valence-corrected chi connectivity index (χ3v) is 15.6. The summed E-state index contributed by atoms with van der Waals surface area (Å²) in [5.74, 6) is -71.4. The van der Waals surface area contributed by atoms with E-state index in [1.165, 1.54) is 18.1 Å². The van der Waals surface area contributed by atoms with Crippen molar-refractivity contribution in [3.05, 3.63) is 116 Å². The Morgan fingerprint density at radius 2 is 0.421 bits per heavy atom. The van der Waals surface area contributed by atoms with E-state index in [4.69, 9.17) is 0 Å². The first kappa shape index (κ1) is 47.1. The third kappa shape index (κ3) is 7.05. The molecule has 0 aliphatic rings. The summed E-state index contributed by atoms with van der Waals surface area (Å²) >= 11 is 0. The molecule has 0 N–H and O–H groups in total. The Kier molecular flexibility index (Phi) is 14.3. The van der Waals surface area contributed by atoms with Gasteiger partial charge in [-0.25, -0.2) is 87.8 Å². The summed E-state index contributed by atoms with van der Waals surface area (Å²) in [7, 11) is -1.10. The van der Waals surface area contributed by atoms with E-state index in [1.807, 2.05) is 0 Å². The molecule has 314 valence electrons. The Balaban J connectivity index is 0.000000626. The van der Waals surface area contributed by atoms with Crippen molar-refractivity contribution < 1.29 is 91.9 Å². The van der Waals surface area contributed by atoms with Gasteiger partial charge in [0, 0.05) is 32.0 Å². The van der Waals surface area contributed by atoms with E-state index in [1.54, 1.807) is 0 Å². The Bertz CT molecular complexity index is 1820. The maximum atomic E-state index is 15.4. The van der Waals surface area contributed by atoms with Crippen molar-refractivity contribution in [2.45, 2.75) is 52.8 Å². The van der Waals surface area contributed by atoms with E-state index < -0.39 is 153 Å². The van der Waals surface area contributed by atoms with Gasteiger partial charge in [0.05, 0.1) is 0 Å². The van der Waals surface area contributed by atoms with Gasteiger partial charge in [0.1, 0.15) is 65.9 Å². The van der Waals surface area contributed by atoms with E-state index in [9.17, 15) is 52.7 Å². The van der Waals surface area contributed by atoms with E-state index in [-0.39, 0.29) is 0 Å². The molecular weight excluding hydrogens is 843 g/mol. The zero-order chi connectivity index (χ0) is 44.0. The van der Waals surface area contributed by atoms with Crippen molar-refractivity contribution in [3.8, 4) is 0 Å². The van der Waals surface area contributed by atoms with Crippen LogP contribution in [0, 0.1) is 116 Å². The zero-order valence-electron chi connectivity index (χ0n) is 29.6. The molecule has 23 heteroatoms. The monoisotopic (exact) mass is 868 g/mol. The lowest BCUT2D eigenvalue weighted by Crippen LogP contribution is -2.81. The summed E-state index contributed by atoms with van der Waals surface area (Å²) in [6, 6.07) is 4.14. The number of rotatable bonds is 10. The van der Waals surface area contributed by atoms with Gasteiger partial charge in [-0.15, -0.1) is 21.9 Å². The molecule has 4 rings (SSSR count). The van der Waals surface area contributed by atoms with Gasteiger partial charge in [0.25, 0.3) is 0 Å². The van der Waals surface area contributed by atoms with Gasteiger partial charge in [-0.3, -0.25) is 0 Å².